The Bertz CT molecular complexity index is 1140. The monoisotopic (exact) mass is 432 g/mol. The van der Waals surface area contributed by atoms with E-state index in [4.69, 9.17) is 0 Å². The van der Waals surface area contributed by atoms with Crippen LogP contribution in [0, 0.1) is 0 Å². The molecule has 0 radical (unpaired) electrons. The minimum Gasteiger partial charge on any atom is -0.404 e. The van der Waals surface area contributed by atoms with Gasteiger partial charge in [-0.2, -0.15) is 0 Å². The molecule has 0 spiro atoms. The molecule has 0 atom stereocenters. The Morgan fingerprint density at radius 3 is 2.68 bits per heavy atom. The number of aryl methyl sites for hydroxylation is 1. The van der Waals surface area contributed by atoms with Gasteiger partial charge < -0.3 is 4.74 Å². The van der Waals surface area contributed by atoms with Gasteiger partial charge in [0.15, 0.2) is 11.4 Å². The average molecular weight is 432 g/mol. The molecule has 1 fully saturated rings. The highest BCUT2D eigenvalue weighted by Gasteiger charge is 2.32. The maximum Gasteiger partial charge on any atom is 0.573 e. The second-order valence-corrected chi connectivity index (χ2v) is 7.75. The summed E-state index contributed by atoms with van der Waals surface area (Å²) in [6.07, 6.45) is 3.86. The van der Waals surface area contributed by atoms with E-state index in [1.54, 1.807) is 12.3 Å². The maximum atomic E-state index is 13.5. The first-order valence-corrected chi connectivity index (χ1v) is 10.4. The van der Waals surface area contributed by atoms with Crippen LogP contribution in [-0.2, 0) is 13.0 Å². The molecule has 0 bridgehead atoms. The van der Waals surface area contributed by atoms with Crippen molar-refractivity contribution in [3.8, 4) is 5.75 Å². The number of rotatable bonds is 5. The normalized spacial score (nSPS) is 15.4. The highest BCUT2D eigenvalue weighted by Crippen LogP contribution is 2.32. The number of halogens is 3. The second-order valence-electron chi connectivity index (χ2n) is 7.75. The predicted molar refractivity (Wildman–Crippen MR) is 109 cm³/mol. The lowest BCUT2D eigenvalue weighted by Gasteiger charge is -2.23. The summed E-state index contributed by atoms with van der Waals surface area (Å²) >= 11 is 0. The minimum absolute atomic E-state index is 0.00715. The van der Waals surface area contributed by atoms with Gasteiger partial charge in [0.2, 0.25) is 0 Å². The third-order valence-electron chi connectivity index (χ3n) is 5.66. The summed E-state index contributed by atoms with van der Waals surface area (Å²) in [5.74, 6) is -0.322. The lowest BCUT2D eigenvalue weighted by atomic mass is 9.84. The minimum atomic E-state index is -4.86. The number of hydrogen-bond donors (Lipinski definition) is 0. The molecule has 164 valence electrons. The zero-order valence-electron chi connectivity index (χ0n) is 17.2. The first-order chi connectivity index (χ1) is 14.9. The number of fused-ring (bicyclic) bond motifs is 1. The molecule has 9 heteroatoms. The third kappa shape index (κ3) is 4.70. The van der Waals surface area contributed by atoms with Crippen molar-refractivity contribution in [2.24, 2.45) is 0 Å². The molecular formula is C22H23F3N4O2. The molecule has 4 rings (SSSR count). The summed E-state index contributed by atoms with van der Waals surface area (Å²) in [5.41, 5.74) is 1.97. The van der Waals surface area contributed by atoms with Crippen LogP contribution in [0.5, 0.6) is 5.75 Å². The number of hydrogen-bond acceptors (Lipinski definition) is 5. The van der Waals surface area contributed by atoms with Gasteiger partial charge in [0.05, 0.1) is 12.2 Å². The van der Waals surface area contributed by atoms with Crippen molar-refractivity contribution < 1.29 is 17.9 Å². The number of ether oxygens (including phenoxy) is 1. The van der Waals surface area contributed by atoms with Gasteiger partial charge in [-0.15, -0.1) is 13.2 Å². The molecule has 6 nitrogen and oxygen atoms in total. The van der Waals surface area contributed by atoms with Gasteiger partial charge >= 0.3 is 6.36 Å². The highest BCUT2D eigenvalue weighted by atomic mass is 19.4. The highest BCUT2D eigenvalue weighted by molar-refractivity contribution is 5.71. The molecule has 31 heavy (non-hydrogen) atoms. The van der Waals surface area contributed by atoms with Crippen molar-refractivity contribution in [3.05, 3.63) is 57.9 Å². The van der Waals surface area contributed by atoms with E-state index in [0.29, 0.717) is 28.8 Å². The largest absolute Gasteiger partial charge is 0.573 e. The fourth-order valence-electron chi connectivity index (χ4n) is 4.12. The Hall–Kier alpha value is -2.97. The molecule has 0 N–H and O–H groups in total. The van der Waals surface area contributed by atoms with Crippen LogP contribution in [-0.4, -0.2) is 25.9 Å². The second kappa shape index (κ2) is 8.64. The van der Waals surface area contributed by atoms with Crippen molar-refractivity contribution in [1.82, 2.24) is 19.5 Å². The van der Waals surface area contributed by atoms with E-state index >= 15 is 0 Å². The van der Waals surface area contributed by atoms with E-state index < -0.39 is 12.1 Å². The predicted octanol–water partition coefficient (Wildman–Crippen LogP) is 4.74. The van der Waals surface area contributed by atoms with Crippen LogP contribution in [0.4, 0.5) is 13.2 Å². The molecule has 1 aliphatic rings. The fourth-order valence-corrected chi connectivity index (χ4v) is 4.12. The molecule has 0 aromatic carbocycles. The molecule has 1 saturated carbocycles. The van der Waals surface area contributed by atoms with E-state index in [0.717, 1.165) is 32.1 Å². The standard InChI is InChI=1S/C22H23F3N4O2/c1-2-15-12-27-17-11-16(14-7-4-3-5-8-14)21(30)29(20(17)28-15)13-18-19(9-6-10-26-18)31-22(23,24)25/h6,9-12,14H,2-5,7-8,13H2,1H3. The van der Waals surface area contributed by atoms with Gasteiger partial charge in [-0.1, -0.05) is 26.2 Å². The summed E-state index contributed by atoms with van der Waals surface area (Å²) < 4.78 is 44.1. The Kier molecular flexibility index (Phi) is 5.93. The lowest BCUT2D eigenvalue weighted by molar-refractivity contribution is -0.275. The van der Waals surface area contributed by atoms with Crippen LogP contribution < -0.4 is 10.3 Å². The molecule has 0 aliphatic heterocycles. The first-order valence-electron chi connectivity index (χ1n) is 10.4. The van der Waals surface area contributed by atoms with E-state index in [-0.39, 0.29) is 23.7 Å². The van der Waals surface area contributed by atoms with E-state index in [1.807, 2.05) is 6.92 Å². The topological polar surface area (TPSA) is 69.9 Å². The smallest absolute Gasteiger partial charge is 0.404 e. The summed E-state index contributed by atoms with van der Waals surface area (Å²) in [6, 6.07) is 4.35. The van der Waals surface area contributed by atoms with Gasteiger partial charge in [-0.3, -0.25) is 19.3 Å². The van der Waals surface area contributed by atoms with Crippen LogP contribution in [0.25, 0.3) is 11.2 Å². The van der Waals surface area contributed by atoms with Crippen molar-refractivity contribution in [2.45, 2.75) is 64.3 Å². The first kappa shape index (κ1) is 21.3. The molecule has 1 aliphatic carbocycles. The maximum absolute atomic E-state index is 13.5. The van der Waals surface area contributed by atoms with Crippen LogP contribution in [0.2, 0.25) is 0 Å². The Morgan fingerprint density at radius 2 is 1.97 bits per heavy atom. The fraction of sp³-hybridized carbons (Fsp3) is 0.455. The number of aromatic nitrogens is 4. The molecule has 0 unspecified atom stereocenters. The van der Waals surface area contributed by atoms with Crippen LogP contribution >= 0.6 is 0 Å². The summed E-state index contributed by atoms with van der Waals surface area (Å²) in [5, 5.41) is 0. The van der Waals surface area contributed by atoms with E-state index in [2.05, 4.69) is 19.7 Å². The van der Waals surface area contributed by atoms with E-state index in [1.165, 1.54) is 22.9 Å². The third-order valence-corrected chi connectivity index (χ3v) is 5.66. The SMILES string of the molecule is CCc1cnc2cc(C3CCCCC3)c(=O)n(Cc3ncccc3OC(F)(F)F)c2n1. The number of pyridine rings is 2. The quantitative estimate of drug-likeness (QED) is 0.582. The zero-order chi connectivity index (χ0) is 22.0. The molecule has 3 aromatic rings. The molecule has 0 amide bonds. The van der Waals surface area contributed by atoms with Crippen molar-refractivity contribution in [1.29, 1.82) is 0 Å². The van der Waals surface area contributed by atoms with E-state index in [9.17, 15) is 18.0 Å². The van der Waals surface area contributed by atoms with Gasteiger partial charge in [0.1, 0.15) is 11.2 Å². The van der Waals surface area contributed by atoms with Gasteiger partial charge in [0, 0.05) is 18.0 Å². The van der Waals surface area contributed by atoms with Crippen molar-refractivity contribution >= 4 is 11.2 Å². The van der Waals surface area contributed by atoms with Gasteiger partial charge in [-0.25, -0.2) is 4.98 Å². The summed E-state index contributed by atoms with van der Waals surface area (Å²) in [6.45, 7) is 1.73. The van der Waals surface area contributed by atoms with Crippen LogP contribution in [0.3, 0.4) is 0 Å². The molecule has 3 aromatic heterocycles. The molecule has 3 heterocycles. The lowest BCUT2D eigenvalue weighted by Crippen LogP contribution is -2.29. The van der Waals surface area contributed by atoms with Crippen molar-refractivity contribution in [3.63, 3.8) is 0 Å². The molecular weight excluding hydrogens is 409 g/mol. The van der Waals surface area contributed by atoms with Crippen molar-refractivity contribution in [2.75, 3.05) is 0 Å². The Balaban J connectivity index is 1.86. The van der Waals surface area contributed by atoms with Crippen LogP contribution in [0.1, 0.15) is 61.9 Å². The summed E-state index contributed by atoms with van der Waals surface area (Å²) in [4.78, 5) is 26.6. The summed E-state index contributed by atoms with van der Waals surface area (Å²) in [7, 11) is 0. The molecule has 0 saturated heterocycles. The van der Waals surface area contributed by atoms with Gasteiger partial charge in [0.25, 0.3) is 5.56 Å². The van der Waals surface area contributed by atoms with Gasteiger partial charge in [-0.05, 0) is 43.4 Å². The van der Waals surface area contributed by atoms with Crippen LogP contribution in [0.15, 0.2) is 35.4 Å². The Labute approximate surface area is 177 Å². The number of alkyl halides is 3. The Morgan fingerprint density at radius 1 is 1.19 bits per heavy atom. The zero-order valence-corrected chi connectivity index (χ0v) is 17.2. The number of nitrogens with zero attached hydrogens (tertiary/aromatic N) is 4. The average Bonchev–Trinajstić information content (AvgIpc) is 2.76.